The van der Waals surface area contributed by atoms with Gasteiger partial charge in [-0.25, -0.2) is 4.98 Å². The number of rotatable bonds is 2. The molecule has 0 spiro atoms. The molecule has 2 aromatic heterocycles. The standard InChI is InChI=1S/C18H13ClN4O/c1-11-21-16-14-4-2-3-5-15(14)22-17(16)18(24)23(11)20-10-12-6-8-13(19)9-7-12/h2-10,22H,1H3/b20-10-. The fourth-order valence-corrected chi connectivity index (χ4v) is 2.80. The van der Waals surface area contributed by atoms with Gasteiger partial charge in [-0.15, -0.1) is 0 Å². The second kappa shape index (κ2) is 5.62. The summed E-state index contributed by atoms with van der Waals surface area (Å²) in [5.74, 6) is 0.530. The number of aromatic amines is 1. The van der Waals surface area contributed by atoms with E-state index in [1.807, 2.05) is 36.4 Å². The summed E-state index contributed by atoms with van der Waals surface area (Å²) in [5.41, 5.74) is 2.64. The molecular weight excluding hydrogens is 324 g/mol. The molecular formula is C18H13ClN4O. The molecule has 5 nitrogen and oxygen atoms in total. The third kappa shape index (κ3) is 2.39. The van der Waals surface area contributed by atoms with E-state index in [4.69, 9.17) is 11.6 Å². The number of hydrogen-bond donors (Lipinski definition) is 1. The summed E-state index contributed by atoms with van der Waals surface area (Å²) in [6.45, 7) is 1.77. The van der Waals surface area contributed by atoms with E-state index >= 15 is 0 Å². The van der Waals surface area contributed by atoms with E-state index in [-0.39, 0.29) is 5.56 Å². The molecule has 0 aliphatic heterocycles. The third-order valence-electron chi connectivity index (χ3n) is 3.86. The molecule has 24 heavy (non-hydrogen) atoms. The number of benzene rings is 2. The summed E-state index contributed by atoms with van der Waals surface area (Å²) >= 11 is 5.87. The molecule has 0 aliphatic carbocycles. The van der Waals surface area contributed by atoms with Crippen LogP contribution in [0.4, 0.5) is 0 Å². The Hall–Kier alpha value is -2.92. The van der Waals surface area contributed by atoms with Gasteiger partial charge < -0.3 is 4.98 Å². The lowest BCUT2D eigenvalue weighted by atomic mass is 10.2. The Kier molecular flexibility index (Phi) is 3.43. The molecule has 0 radical (unpaired) electrons. The predicted molar refractivity (Wildman–Crippen MR) is 97.0 cm³/mol. The number of halogens is 1. The van der Waals surface area contributed by atoms with Crippen LogP contribution in [0.25, 0.3) is 21.9 Å². The Morgan fingerprint density at radius 1 is 1.17 bits per heavy atom. The van der Waals surface area contributed by atoms with Crippen LogP contribution in [0.5, 0.6) is 0 Å². The van der Waals surface area contributed by atoms with Crippen molar-refractivity contribution in [1.29, 1.82) is 0 Å². The van der Waals surface area contributed by atoms with Crippen molar-refractivity contribution < 1.29 is 0 Å². The highest BCUT2D eigenvalue weighted by atomic mass is 35.5. The number of nitrogens with zero attached hydrogens (tertiary/aromatic N) is 3. The monoisotopic (exact) mass is 336 g/mol. The number of nitrogens with one attached hydrogen (secondary N) is 1. The lowest BCUT2D eigenvalue weighted by Crippen LogP contribution is -2.20. The van der Waals surface area contributed by atoms with Gasteiger partial charge in [0.15, 0.2) is 0 Å². The summed E-state index contributed by atoms with van der Waals surface area (Å²) in [7, 11) is 0. The zero-order valence-electron chi connectivity index (χ0n) is 12.8. The van der Waals surface area contributed by atoms with Crippen molar-refractivity contribution in [3.8, 4) is 0 Å². The highest BCUT2D eigenvalue weighted by Gasteiger charge is 2.12. The average molecular weight is 337 g/mol. The fraction of sp³-hybridized carbons (Fsp3) is 0.0556. The van der Waals surface area contributed by atoms with Gasteiger partial charge in [-0.2, -0.15) is 9.78 Å². The Morgan fingerprint density at radius 2 is 1.92 bits per heavy atom. The number of para-hydroxylation sites is 1. The van der Waals surface area contributed by atoms with Gasteiger partial charge in [0.1, 0.15) is 16.9 Å². The largest absolute Gasteiger partial charge is 0.349 e. The maximum Gasteiger partial charge on any atom is 0.298 e. The molecule has 1 N–H and O–H groups in total. The average Bonchev–Trinajstić information content (AvgIpc) is 2.95. The minimum atomic E-state index is -0.223. The van der Waals surface area contributed by atoms with Crippen LogP contribution in [0.2, 0.25) is 5.02 Å². The molecule has 118 valence electrons. The second-order valence-corrected chi connectivity index (χ2v) is 5.90. The Labute approximate surface area is 142 Å². The maximum atomic E-state index is 12.8. The van der Waals surface area contributed by atoms with Crippen molar-refractivity contribution in [1.82, 2.24) is 14.6 Å². The first kappa shape index (κ1) is 14.7. The Balaban J connectivity index is 1.88. The maximum absolute atomic E-state index is 12.8. The molecule has 0 atom stereocenters. The number of aryl methyl sites for hydroxylation is 1. The molecule has 6 heteroatoms. The second-order valence-electron chi connectivity index (χ2n) is 5.47. The van der Waals surface area contributed by atoms with E-state index in [2.05, 4.69) is 15.1 Å². The van der Waals surface area contributed by atoms with Crippen LogP contribution in [0.1, 0.15) is 11.4 Å². The van der Waals surface area contributed by atoms with Crippen LogP contribution in [0.15, 0.2) is 58.4 Å². The molecule has 4 rings (SSSR count). The zero-order valence-corrected chi connectivity index (χ0v) is 13.6. The summed E-state index contributed by atoms with van der Waals surface area (Å²) in [6, 6.07) is 14.9. The zero-order chi connectivity index (χ0) is 16.7. The van der Waals surface area contributed by atoms with Crippen molar-refractivity contribution in [3.63, 3.8) is 0 Å². The SMILES string of the molecule is Cc1nc2c([nH]c3ccccc32)c(=O)n1/N=C\c1ccc(Cl)cc1. The van der Waals surface area contributed by atoms with Crippen LogP contribution >= 0.6 is 11.6 Å². The minimum absolute atomic E-state index is 0.223. The first-order chi connectivity index (χ1) is 11.6. The van der Waals surface area contributed by atoms with Gasteiger partial charge in [0.2, 0.25) is 0 Å². The van der Waals surface area contributed by atoms with Gasteiger partial charge in [0.05, 0.1) is 6.21 Å². The number of H-pyrrole nitrogens is 1. The third-order valence-corrected chi connectivity index (χ3v) is 4.11. The number of aromatic nitrogens is 3. The molecule has 0 amide bonds. The van der Waals surface area contributed by atoms with Gasteiger partial charge in [-0.3, -0.25) is 4.79 Å². The lowest BCUT2D eigenvalue weighted by molar-refractivity contribution is 0.770. The van der Waals surface area contributed by atoms with E-state index in [0.29, 0.717) is 21.9 Å². The van der Waals surface area contributed by atoms with Crippen LogP contribution in [0, 0.1) is 6.92 Å². The van der Waals surface area contributed by atoms with Crippen LogP contribution < -0.4 is 5.56 Å². The van der Waals surface area contributed by atoms with Crippen LogP contribution in [-0.2, 0) is 0 Å². The highest BCUT2D eigenvalue weighted by molar-refractivity contribution is 6.30. The molecule has 0 saturated heterocycles. The van der Waals surface area contributed by atoms with E-state index in [0.717, 1.165) is 16.5 Å². The van der Waals surface area contributed by atoms with Crippen molar-refractivity contribution >= 4 is 39.8 Å². The lowest BCUT2D eigenvalue weighted by Gasteiger charge is -2.03. The fourth-order valence-electron chi connectivity index (χ4n) is 2.67. The van der Waals surface area contributed by atoms with Gasteiger partial charge in [-0.05, 0) is 30.7 Å². The summed E-state index contributed by atoms with van der Waals surface area (Å²) < 4.78 is 1.30. The Bertz CT molecular complexity index is 1140. The van der Waals surface area contributed by atoms with Crippen molar-refractivity contribution in [3.05, 3.63) is 75.3 Å². The van der Waals surface area contributed by atoms with E-state index in [9.17, 15) is 4.79 Å². The quantitative estimate of drug-likeness (QED) is 0.567. The van der Waals surface area contributed by atoms with E-state index < -0.39 is 0 Å². The molecule has 0 bridgehead atoms. The summed E-state index contributed by atoms with van der Waals surface area (Å²) in [6.07, 6.45) is 1.61. The molecule has 2 aromatic carbocycles. The van der Waals surface area contributed by atoms with Gasteiger partial charge in [-0.1, -0.05) is 41.9 Å². The first-order valence-corrected chi connectivity index (χ1v) is 7.81. The van der Waals surface area contributed by atoms with Gasteiger partial charge in [0.25, 0.3) is 5.56 Å². The molecule has 0 fully saturated rings. The first-order valence-electron chi connectivity index (χ1n) is 7.43. The number of hydrogen-bond acceptors (Lipinski definition) is 3. The van der Waals surface area contributed by atoms with Crippen LogP contribution in [0.3, 0.4) is 0 Å². The predicted octanol–water partition coefficient (Wildman–Crippen LogP) is 3.72. The normalized spacial score (nSPS) is 11.8. The van der Waals surface area contributed by atoms with Crippen LogP contribution in [-0.4, -0.2) is 20.9 Å². The molecule has 0 unspecified atom stereocenters. The topological polar surface area (TPSA) is 63.0 Å². The highest BCUT2D eigenvalue weighted by Crippen LogP contribution is 2.21. The van der Waals surface area contributed by atoms with E-state index in [1.165, 1.54) is 4.68 Å². The van der Waals surface area contributed by atoms with Crippen molar-refractivity contribution in [2.45, 2.75) is 6.92 Å². The van der Waals surface area contributed by atoms with Crippen molar-refractivity contribution in [2.24, 2.45) is 5.10 Å². The molecule has 0 aliphatic rings. The molecule has 0 saturated carbocycles. The molecule has 4 aromatic rings. The van der Waals surface area contributed by atoms with Gasteiger partial charge >= 0.3 is 0 Å². The smallest absolute Gasteiger partial charge is 0.298 e. The minimum Gasteiger partial charge on any atom is -0.349 e. The van der Waals surface area contributed by atoms with Gasteiger partial charge in [0, 0.05) is 15.9 Å². The van der Waals surface area contributed by atoms with Crippen molar-refractivity contribution in [2.75, 3.05) is 0 Å². The number of fused-ring (bicyclic) bond motifs is 3. The molecule has 2 heterocycles. The Morgan fingerprint density at radius 3 is 2.71 bits per heavy atom. The summed E-state index contributed by atoms with van der Waals surface area (Å²) in [5, 5.41) is 5.87. The van der Waals surface area contributed by atoms with E-state index in [1.54, 1.807) is 25.3 Å². The summed E-state index contributed by atoms with van der Waals surface area (Å²) in [4.78, 5) is 20.4.